The summed E-state index contributed by atoms with van der Waals surface area (Å²) in [5.41, 5.74) is -1.77. The summed E-state index contributed by atoms with van der Waals surface area (Å²) in [5, 5.41) is 4.92. The van der Waals surface area contributed by atoms with E-state index < -0.39 is 53.4 Å². The number of alkyl halides is 6. The molecule has 1 heterocycles. The molecule has 0 saturated heterocycles. The summed E-state index contributed by atoms with van der Waals surface area (Å²) in [6, 6.07) is 16.5. The number of nitrogens with zero attached hydrogens (tertiary/aromatic N) is 1. The van der Waals surface area contributed by atoms with Gasteiger partial charge in [-0.1, -0.05) is 81.3 Å². The van der Waals surface area contributed by atoms with E-state index in [9.17, 15) is 35.9 Å². The monoisotopic (exact) mass is 563 g/mol. The first-order chi connectivity index (χ1) is 18.8. The fraction of sp³-hybridized carbons (Fsp3) is 0.276. The molecule has 3 aromatic rings. The van der Waals surface area contributed by atoms with Crippen molar-refractivity contribution in [2.75, 3.05) is 5.32 Å². The molecule has 4 rings (SSSR count). The van der Waals surface area contributed by atoms with Crippen LogP contribution in [0.2, 0.25) is 0 Å². The maximum Gasteiger partial charge on any atom is 0.416 e. The van der Waals surface area contributed by atoms with E-state index in [1.165, 1.54) is 12.8 Å². The van der Waals surface area contributed by atoms with Gasteiger partial charge in [0.25, 0.3) is 5.91 Å². The summed E-state index contributed by atoms with van der Waals surface area (Å²) >= 11 is 0. The van der Waals surface area contributed by atoms with E-state index >= 15 is 0 Å². The second-order valence-electron chi connectivity index (χ2n) is 8.89. The molecule has 2 N–H and O–H groups in total. The Balaban J connectivity index is 0.00000103. The van der Waals surface area contributed by atoms with Crippen molar-refractivity contribution in [3.63, 3.8) is 0 Å². The summed E-state index contributed by atoms with van der Waals surface area (Å²) in [7, 11) is 0. The molecular formula is C29H27F6N3O2. The van der Waals surface area contributed by atoms with Gasteiger partial charge in [-0.2, -0.15) is 26.3 Å². The number of fused-ring (bicyclic) bond motifs is 1. The summed E-state index contributed by atoms with van der Waals surface area (Å²) in [5.74, 6) is -1.76. The van der Waals surface area contributed by atoms with Crippen LogP contribution in [0.3, 0.4) is 0 Å². The summed E-state index contributed by atoms with van der Waals surface area (Å²) < 4.78 is 79.1. The number of anilines is 1. The number of carbonyl (C=O) groups excluding carboxylic acids is 2. The number of unbranched alkanes of at least 4 members (excludes halogenated alkanes) is 1. The van der Waals surface area contributed by atoms with Crippen LogP contribution in [0.1, 0.15) is 54.5 Å². The van der Waals surface area contributed by atoms with Crippen molar-refractivity contribution in [2.45, 2.75) is 51.6 Å². The molecule has 0 aromatic heterocycles. The number of nitrogens with one attached hydrogen (secondary N) is 2. The Labute approximate surface area is 227 Å². The van der Waals surface area contributed by atoms with Crippen molar-refractivity contribution in [1.82, 2.24) is 5.32 Å². The van der Waals surface area contributed by atoms with Gasteiger partial charge in [-0.05, 0) is 23.8 Å². The molecule has 0 fully saturated rings. The highest BCUT2D eigenvalue weighted by Gasteiger charge is 2.38. The number of benzene rings is 3. The molecule has 2 amide bonds. The minimum absolute atomic E-state index is 0.0384. The number of hydrogen-bond donors (Lipinski definition) is 2. The van der Waals surface area contributed by atoms with Gasteiger partial charge in [0.2, 0.25) is 12.1 Å². The number of benzodiazepines with no additional fused rings is 1. The molecule has 0 spiro atoms. The first-order valence-electron chi connectivity index (χ1n) is 12.4. The summed E-state index contributed by atoms with van der Waals surface area (Å²) in [6.07, 6.45) is -9.89. The normalized spacial score (nSPS) is 15.1. The number of amides is 2. The van der Waals surface area contributed by atoms with Crippen molar-refractivity contribution < 1.29 is 35.9 Å². The van der Waals surface area contributed by atoms with E-state index in [1.54, 1.807) is 54.6 Å². The number of carbonyl (C=O) groups is 2. The topological polar surface area (TPSA) is 70.6 Å². The van der Waals surface area contributed by atoms with Crippen LogP contribution in [0.15, 0.2) is 77.8 Å². The van der Waals surface area contributed by atoms with Gasteiger partial charge in [-0.3, -0.25) is 9.59 Å². The Bertz CT molecular complexity index is 1370. The van der Waals surface area contributed by atoms with Gasteiger partial charge in [0.05, 0.1) is 28.9 Å². The fourth-order valence-electron chi connectivity index (χ4n) is 3.73. The lowest BCUT2D eigenvalue weighted by Crippen LogP contribution is -2.43. The third-order valence-corrected chi connectivity index (χ3v) is 5.89. The number of aliphatic imine (C=N–C) groups is 1. The first-order valence-corrected chi connectivity index (χ1v) is 12.4. The average molecular weight is 564 g/mol. The van der Waals surface area contributed by atoms with Gasteiger partial charge in [-0.25, -0.2) is 4.99 Å². The third-order valence-electron chi connectivity index (χ3n) is 5.89. The number of hydrogen-bond acceptors (Lipinski definition) is 3. The highest BCUT2D eigenvalue weighted by atomic mass is 19.4. The van der Waals surface area contributed by atoms with Crippen LogP contribution in [0.25, 0.3) is 0 Å². The minimum Gasteiger partial charge on any atom is -0.326 e. The molecular weight excluding hydrogens is 536 g/mol. The Morgan fingerprint density at radius 3 is 2.10 bits per heavy atom. The van der Waals surface area contributed by atoms with E-state index in [2.05, 4.69) is 29.5 Å². The molecule has 11 heteroatoms. The molecule has 0 saturated carbocycles. The average Bonchev–Trinajstić information content (AvgIpc) is 3.04. The van der Waals surface area contributed by atoms with Gasteiger partial charge in [-0.15, -0.1) is 0 Å². The van der Waals surface area contributed by atoms with Crippen LogP contribution in [-0.2, 0) is 28.4 Å². The van der Waals surface area contributed by atoms with E-state index in [0.29, 0.717) is 34.7 Å². The van der Waals surface area contributed by atoms with Crippen LogP contribution in [0, 0.1) is 0 Å². The smallest absolute Gasteiger partial charge is 0.326 e. The van der Waals surface area contributed by atoms with Crippen LogP contribution in [-0.4, -0.2) is 23.7 Å². The first kappa shape index (κ1) is 30.4. The predicted molar refractivity (Wildman–Crippen MR) is 140 cm³/mol. The summed E-state index contributed by atoms with van der Waals surface area (Å²) in [6.45, 7) is 4.36. The lowest BCUT2D eigenvalue weighted by atomic mass is 10.00. The van der Waals surface area contributed by atoms with Gasteiger partial charge in [0.1, 0.15) is 0 Å². The Morgan fingerprint density at radius 1 is 0.875 bits per heavy atom. The standard InChI is InChI=1S/C25H17F6N3O2.C4H10/c26-24(27,28)16-11-10-15(18(13-16)25(29,30)31)12-20(35)33-22-23(36)32-19-9-5-4-8-17(19)21(34-22)14-6-2-1-3-7-14;1-3-4-2/h1-11,13,22H,12H2,(H,32,36)(H,33,35);3-4H2,1-2H3. The van der Waals surface area contributed by atoms with E-state index in [1.807, 2.05) is 0 Å². The SMILES string of the molecule is CCCC.O=C(Cc1ccc(C(F)(F)F)cc1C(F)(F)F)NC1N=C(c2ccccc2)c2ccccc2NC1=O. The van der Waals surface area contributed by atoms with Crippen LogP contribution in [0.5, 0.6) is 0 Å². The van der Waals surface area contributed by atoms with Crippen LogP contribution >= 0.6 is 0 Å². The molecule has 1 unspecified atom stereocenters. The van der Waals surface area contributed by atoms with Gasteiger partial charge >= 0.3 is 12.4 Å². The van der Waals surface area contributed by atoms with Crippen LogP contribution < -0.4 is 10.6 Å². The molecule has 0 aliphatic carbocycles. The maximum atomic E-state index is 13.4. The number of halogens is 6. The lowest BCUT2D eigenvalue weighted by Gasteiger charge is -2.17. The zero-order valence-electron chi connectivity index (χ0n) is 21.7. The summed E-state index contributed by atoms with van der Waals surface area (Å²) in [4.78, 5) is 29.8. The van der Waals surface area contributed by atoms with E-state index in [0.717, 1.165) is 0 Å². The fourth-order valence-corrected chi connectivity index (χ4v) is 3.73. The highest BCUT2D eigenvalue weighted by molar-refractivity contribution is 6.19. The molecule has 1 aliphatic rings. The molecule has 0 radical (unpaired) electrons. The minimum atomic E-state index is -5.13. The van der Waals surface area contributed by atoms with Crippen molar-refractivity contribution in [3.05, 3.63) is 101 Å². The Kier molecular flexibility index (Phi) is 9.73. The molecule has 3 aromatic carbocycles. The Hall–Kier alpha value is -4.15. The second-order valence-corrected chi connectivity index (χ2v) is 8.89. The zero-order chi connectivity index (χ0) is 29.5. The van der Waals surface area contributed by atoms with Crippen molar-refractivity contribution >= 4 is 23.2 Å². The predicted octanol–water partition coefficient (Wildman–Crippen LogP) is 7.01. The molecule has 1 atom stereocenters. The molecule has 1 aliphatic heterocycles. The van der Waals surface area contributed by atoms with Gasteiger partial charge in [0, 0.05) is 11.1 Å². The second kappa shape index (κ2) is 12.8. The van der Waals surface area contributed by atoms with Gasteiger partial charge < -0.3 is 10.6 Å². The molecule has 5 nitrogen and oxygen atoms in total. The quantitative estimate of drug-likeness (QED) is 0.328. The number of rotatable bonds is 5. The number of para-hydroxylation sites is 1. The van der Waals surface area contributed by atoms with E-state index in [4.69, 9.17) is 0 Å². The van der Waals surface area contributed by atoms with E-state index in [-0.39, 0.29) is 6.07 Å². The highest BCUT2D eigenvalue weighted by Crippen LogP contribution is 2.37. The molecule has 40 heavy (non-hydrogen) atoms. The molecule has 212 valence electrons. The van der Waals surface area contributed by atoms with Crippen molar-refractivity contribution in [3.8, 4) is 0 Å². The maximum absolute atomic E-state index is 13.4. The van der Waals surface area contributed by atoms with Crippen molar-refractivity contribution in [2.24, 2.45) is 4.99 Å². The Morgan fingerprint density at radius 2 is 1.50 bits per heavy atom. The molecule has 0 bridgehead atoms. The van der Waals surface area contributed by atoms with Crippen molar-refractivity contribution in [1.29, 1.82) is 0 Å². The largest absolute Gasteiger partial charge is 0.416 e. The third kappa shape index (κ3) is 7.71. The van der Waals surface area contributed by atoms with Gasteiger partial charge in [0.15, 0.2) is 0 Å². The lowest BCUT2D eigenvalue weighted by molar-refractivity contribution is -0.143. The van der Waals surface area contributed by atoms with Crippen LogP contribution in [0.4, 0.5) is 32.0 Å². The zero-order valence-corrected chi connectivity index (χ0v) is 21.7.